The van der Waals surface area contributed by atoms with Crippen LogP contribution in [0.25, 0.3) is 0 Å². The summed E-state index contributed by atoms with van der Waals surface area (Å²) < 4.78 is 16.0. The van der Waals surface area contributed by atoms with Gasteiger partial charge in [-0.3, -0.25) is 9.69 Å². The van der Waals surface area contributed by atoms with Crippen molar-refractivity contribution in [2.24, 2.45) is 0 Å². The number of hydrogen-bond acceptors (Lipinski definition) is 5. The van der Waals surface area contributed by atoms with E-state index in [9.17, 15) is 9.90 Å². The van der Waals surface area contributed by atoms with E-state index in [1.54, 1.807) is 25.3 Å². The standard InChI is InChI=1S/C15H21NO5/c1-3-21-13-10-11(4-5-12(13)19-2)14(15(17)18)16-6-8-20-9-7-16/h4-5,10,14H,3,6-9H2,1-2H3,(H,17,18). The smallest absolute Gasteiger partial charge is 0.325 e. The van der Waals surface area contributed by atoms with Crippen molar-refractivity contribution >= 4 is 5.97 Å². The van der Waals surface area contributed by atoms with Gasteiger partial charge in [-0.15, -0.1) is 0 Å². The van der Waals surface area contributed by atoms with Gasteiger partial charge >= 0.3 is 5.97 Å². The highest BCUT2D eigenvalue weighted by molar-refractivity contribution is 5.76. The molecule has 0 aliphatic carbocycles. The number of methoxy groups -OCH3 is 1. The maximum Gasteiger partial charge on any atom is 0.325 e. The molecule has 0 spiro atoms. The molecule has 1 atom stereocenters. The molecule has 21 heavy (non-hydrogen) atoms. The zero-order valence-electron chi connectivity index (χ0n) is 12.4. The third-order valence-electron chi connectivity index (χ3n) is 3.45. The second-order valence-electron chi connectivity index (χ2n) is 4.73. The lowest BCUT2D eigenvalue weighted by atomic mass is 10.0. The van der Waals surface area contributed by atoms with Crippen LogP contribution >= 0.6 is 0 Å². The van der Waals surface area contributed by atoms with Crippen LogP contribution in [0.15, 0.2) is 18.2 Å². The second kappa shape index (κ2) is 7.28. The van der Waals surface area contributed by atoms with Crippen molar-refractivity contribution in [1.29, 1.82) is 0 Å². The van der Waals surface area contributed by atoms with Crippen molar-refractivity contribution in [2.45, 2.75) is 13.0 Å². The van der Waals surface area contributed by atoms with Gasteiger partial charge in [0.05, 0.1) is 26.9 Å². The molecule has 0 amide bonds. The number of rotatable bonds is 6. The number of aliphatic carboxylic acids is 1. The summed E-state index contributed by atoms with van der Waals surface area (Å²) in [5.41, 5.74) is 0.689. The number of carbonyl (C=O) groups is 1. The van der Waals surface area contributed by atoms with Gasteiger partial charge in [0.2, 0.25) is 0 Å². The van der Waals surface area contributed by atoms with Gasteiger partial charge in [0.15, 0.2) is 11.5 Å². The molecule has 2 rings (SSSR count). The van der Waals surface area contributed by atoms with E-state index in [2.05, 4.69) is 0 Å². The van der Waals surface area contributed by atoms with Crippen molar-refractivity contribution in [3.05, 3.63) is 23.8 Å². The molecule has 1 N–H and O–H groups in total. The van der Waals surface area contributed by atoms with Gasteiger partial charge in [0.25, 0.3) is 0 Å². The Morgan fingerprint density at radius 2 is 2.10 bits per heavy atom. The Hall–Kier alpha value is -1.79. The molecule has 1 aromatic rings. The Morgan fingerprint density at radius 3 is 2.67 bits per heavy atom. The lowest BCUT2D eigenvalue weighted by molar-refractivity contribution is -0.145. The number of morpholine rings is 1. The molecule has 1 aliphatic heterocycles. The Morgan fingerprint density at radius 1 is 1.38 bits per heavy atom. The van der Waals surface area contributed by atoms with Crippen LogP contribution in [0, 0.1) is 0 Å². The summed E-state index contributed by atoms with van der Waals surface area (Å²) >= 11 is 0. The lowest BCUT2D eigenvalue weighted by Gasteiger charge is -2.32. The summed E-state index contributed by atoms with van der Waals surface area (Å²) in [5.74, 6) is 0.299. The fourth-order valence-electron chi connectivity index (χ4n) is 2.48. The molecule has 1 aliphatic rings. The second-order valence-corrected chi connectivity index (χ2v) is 4.73. The molecule has 0 bridgehead atoms. The molecular formula is C15H21NO5. The molecule has 116 valence electrons. The number of benzene rings is 1. The summed E-state index contributed by atoms with van der Waals surface area (Å²) in [7, 11) is 1.56. The van der Waals surface area contributed by atoms with E-state index in [1.807, 2.05) is 11.8 Å². The van der Waals surface area contributed by atoms with E-state index in [0.717, 1.165) is 0 Å². The first-order valence-corrected chi connectivity index (χ1v) is 7.02. The van der Waals surface area contributed by atoms with E-state index >= 15 is 0 Å². The minimum absolute atomic E-state index is 0.495. The summed E-state index contributed by atoms with van der Waals surface area (Å²) in [5, 5.41) is 9.57. The fraction of sp³-hybridized carbons (Fsp3) is 0.533. The molecule has 6 nitrogen and oxygen atoms in total. The van der Waals surface area contributed by atoms with Crippen LogP contribution in [0.2, 0.25) is 0 Å². The highest BCUT2D eigenvalue weighted by atomic mass is 16.5. The average molecular weight is 295 g/mol. The summed E-state index contributed by atoms with van der Waals surface area (Å²) in [4.78, 5) is 13.6. The molecule has 1 unspecified atom stereocenters. The molecular weight excluding hydrogens is 274 g/mol. The molecule has 0 radical (unpaired) electrons. The number of carboxylic acid groups (broad SMARTS) is 1. The van der Waals surface area contributed by atoms with Crippen molar-refractivity contribution in [2.75, 3.05) is 40.0 Å². The summed E-state index contributed by atoms with van der Waals surface area (Å²) in [6.45, 7) is 4.69. The predicted molar refractivity (Wildman–Crippen MR) is 76.9 cm³/mol. The van der Waals surface area contributed by atoms with E-state index in [4.69, 9.17) is 14.2 Å². The van der Waals surface area contributed by atoms with E-state index in [-0.39, 0.29) is 0 Å². The van der Waals surface area contributed by atoms with Crippen LogP contribution in [0.3, 0.4) is 0 Å². The number of carboxylic acids is 1. The van der Waals surface area contributed by atoms with Crippen LogP contribution < -0.4 is 9.47 Å². The fourth-order valence-corrected chi connectivity index (χ4v) is 2.48. The number of hydrogen-bond donors (Lipinski definition) is 1. The SMILES string of the molecule is CCOc1cc(C(C(=O)O)N2CCOCC2)ccc1OC. The first-order chi connectivity index (χ1) is 10.2. The minimum atomic E-state index is -0.871. The monoisotopic (exact) mass is 295 g/mol. The normalized spacial score (nSPS) is 17.2. The van der Waals surface area contributed by atoms with Gasteiger partial charge in [-0.05, 0) is 24.6 Å². The zero-order chi connectivity index (χ0) is 15.2. The molecule has 1 heterocycles. The molecule has 0 aromatic heterocycles. The van der Waals surface area contributed by atoms with Gasteiger partial charge in [-0.1, -0.05) is 6.07 Å². The number of nitrogens with zero attached hydrogens (tertiary/aromatic N) is 1. The summed E-state index contributed by atoms with van der Waals surface area (Å²) in [6.07, 6.45) is 0. The Kier molecular flexibility index (Phi) is 5.41. The van der Waals surface area contributed by atoms with Crippen molar-refractivity contribution in [3.63, 3.8) is 0 Å². The van der Waals surface area contributed by atoms with Crippen LogP contribution in [0.4, 0.5) is 0 Å². The minimum Gasteiger partial charge on any atom is -0.493 e. The molecule has 0 saturated carbocycles. The highest BCUT2D eigenvalue weighted by Crippen LogP contribution is 2.32. The maximum atomic E-state index is 11.7. The first kappa shape index (κ1) is 15.6. The van der Waals surface area contributed by atoms with Crippen LogP contribution in [0.5, 0.6) is 11.5 Å². The van der Waals surface area contributed by atoms with E-state index in [1.165, 1.54) is 0 Å². The van der Waals surface area contributed by atoms with Crippen LogP contribution in [0.1, 0.15) is 18.5 Å². The van der Waals surface area contributed by atoms with Crippen LogP contribution in [-0.2, 0) is 9.53 Å². The van der Waals surface area contributed by atoms with Crippen molar-refractivity contribution < 1.29 is 24.1 Å². The molecule has 1 saturated heterocycles. The molecule has 6 heteroatoms. The Labute approximate surface area is 124 Å². The topological polar surface area (TPSA) is 68.2 Å². The molecule has 1 fully saturated rings. The van der Waals surface area contributed by atoms with Gasteiger partial charge < -0.3 is 19.3 Å². The van der Waals surface area contributed by atoms with Gasteiger partial charge in [-0.25, -0.2) is 0 Å². The highest BCUT2D eigenvalue weighted by Gasteiger charge is 2.29. The van der Waals surface area contributed by atoms with E-state index < -0.39 is 12.0 Å². The van der Waals surface area contributed by atoms with Crippen molar-refractivity contribution in [3.8, 4) is 11.5 Å². The zero-order valence-corrected chi connectivity index (χ0v) is 12.4. The Bertz CT molecular complexity index is 485. The largest absolute Gasteiger partial charge is 0.493 e. The number of ether oxygens (including phenoxy) is 3. The third-order valence-corrected chi connectivity index (χ3v) is 3.45. The maximum absolute atomic E-state index is 11.7. The third kappa shape index (κ3) is 3.65. The van der Waals surface area contributed by atoms with Gasteiger partial charge in [0.1, 0.15) is 6.04 Å². The van der Waals surface area contributed by atoms with Gasteiger partial charge in [0, 0.05) is 13.1 Å². The van der Waals surface area contributed by atoms with Gasteiger partial charge in [-0.2, -0.15) is 0 Å². The predicted octanol–water partition coefficient (Wildman–Crippen LogP) is 1.55. The average Bonchev–Trinajstić information content (AvgIpc) is 2.49. The lowest BCUT2D eigenvalue weighted by Crippen LogP contribution is -2.42. The van der Waals surface area contributed by atoms with Crippen LogP contribution in [-0.4, -0.2) is 56.0 Å². The quantitative estimate of drug-likeness (QED) is 0.859. The Balaban J connectivity index is 2.31. The first-order valence-electron chi connectivity index (χ1n) is 7.02. The molecule has 1 aromatic carbocycles. The van der Waals surface area contributed by atoms with Crippen molar-refractivity contribution in [1.82, 2.24) is 4.90 Å². The summed E-state index contributed by atoms with van der Waals surface area (Å²) in [6, 6.07) is 4.57. The van der Waals surface area contributed by atoms with E-state index in [0.29, 0.717) is 50.0 Å².